The number of pyridine rings is 1. The molecule has 3 rings (SSSR count). The van der Waals surface area contributed by atoms with Gasteiger partial charge in [-0.3, -0.25) is 9.78 Å². The third-order valence-corrected chi connectivity index (χ3v) is 5.20. The van der Waals surface area contributed by atoms with Crippen molar-refractivity contribution >= 4 is 40.2 Å². The van der Waals surface area contributed by atoms with Gasteiger partial charge in [0.2, 0.25) is 0 Å². The van der Waals surface area contributed by atoms with E-state index in [9.17, 15) is 18.4 Å². The van der Waals surface area contributed by atoms with E-state index in [-0.39, 0.29) is 0 Å². The summed E-state index contributed by atoms with van der Waals surface area (Å²) >= 11 is 0.422. The average molecular weight is 430 g/mol. The van der Waals surface area contributed by atoms with E-state index in [0.717, 1.165) is 11.3 Å². The Bertz CT molecular complexity index is 1070. The molecule has 1 aromatic heterocycles. The minimum absolute atomic E-state index is 0.390. The number of para-hydroxylation sites is 1. The third-order valence-electron chi connectivity index (χ3n) is 4.47. The summed E-state index contributed by atoms with van der Waals surface area (Å²) in [7, 11) is 0. The molecular formula is C22H20F2N2O3S. The number of aryl methyl sites for hydroxylation is 1. The second-order valence-electron chi connectivity index (χ2n) is 6.46. The molecule has 0 saturated heterocycles. The topological polar surface area (TPSA) is 68.3 Å². The Kier molecular flexibility index (Phi) is 6.99. The fourth-order valence-electron chi connectivity index (χ4n) is 3.09. The summed E-state index contributed by atoms with van der Waals surface area (Å²) in [6, 6.07) is 13.3. The normalized spacial score (nSPS) is 11.0. The van der Waals surface area contributed by atoms with Crippen molar-refractivity contribution in [1.29, 1.82) is 0 Å². The van der Waals surface area contributed by atoms with Crippen molar-refractivity contribution in [3.63, 3.8) is 0 Å². The molecule has 0 aliphatic rings. The standard InChI is InChI=1S/C22H20F2N2O3S/c1-3-17-13(2)20(16-6-4-5-7-18(16)26-17)21(28)29-12-19(27)25-14-8-10-15(11-9-14)30-22(23)24/h4-11,22H,3,12H2,1-2H3,(H,25,27). The maximum Gasteiger partial charge on any atom is 0.339 e. The SMILES string of the molecule is CCc1nc2ccccc2c(C(=O)OCC(=O)Nc2ccc(SC(F)F)cc2)c1C. The van der Waals surface area contributed by atoms with Crippen LogP contribution in [0.3, 0.4) is 0 Å². The van der Waals surface area contributed by atoms with E-state index in [4.69, 9.17) is 4.74 Å². The Morgan fingerprint density at radius 2 is 1.83 bits per heavy atom. The van der Waals surface area contributed by atoms with Crippen molar-refractivity contribution in [2.24, 2.45) is 0 Å². The molecule has 1 N–H and O–H groups in total. The molecule has 0 spiro atoms. The lowest BCUT2D eigenvalue weighted by Gasteiger charge is -2.13. The van der Waals surface area contributed by atoms with Crippen molar-refractivity contribution < 1.29 is 23.1 Å². The van der Waals surface area contributed by atoms with E-state index in [0.29, 0.717) is 45.2 Å². The number of benzene rings is 2. The number of hydrogen-bond acceptors (Lipinski definition) is 5. The summed E-state index contributed by atoms with van der Waals surface area (Å²) in [5.74, 6) is -3.63. The minimum atomic E-state index is -2.51. The van der Waals surface area contributed by atoms with Crippen LogP contribution in [0.2, 0.25) is 0 Å². The molecule has 0 aliphatic carbocycles. The first-order chi connectivity index (χ1) is 14.4. The van der Waals surface area contributed by atoms with Crippen LogP contribution in [-0.2, 0) is 16.0 Å². The number of nitrogens with zero attached hydrogens (tertiary/aromatic N) is 1. The van der Waals surface area contributed by atoms with Crippen molar-refractivity contribution in [2.75, 3.05) is 11.9 Å². The zero-order chi connectivity index (χ0) is 21.7. The number of ether oxygens (including phenoxy) is 1. The molecule has 0 unspecified atom stereocenters. The van der Waals surface area contributed by atoms with Gasteiger partial charge in [0.05, 0.1) is 11.1 Å². The van der Waals surface area contributed by atoms with Gasteiger partial charge in [-0.15, -0.1) is 0 Å². The van der Waals surface area contributed by atoms with E-state index in [1.165, 1.54) is 24.3 Å². The first-order valence-corrected chi connectivity index (χ1v) is 10.2. The first-order valence-electron chi connectivity index (χ1n) is 9.29. The zero-order valence-corrected chi connectivity index (χ0v) is 17.3. The molecule has 30 heavy (non-hydrogen) atoms. The number of halogens is 2. The molecular weight excluding hydrogens is 410 g/mol. The molecule has 156 valence electrons. The zero-order valence-electron chi connectivity index (χ0n) is 16.4. The lowest BCUT2D eigenvalue weighted by molar-refractivity contribution is -0.119. The molecule has 0 radical (unpaired) electrons. The quantitative estimate of drug-likeness (QED) is 0.411. The fraction of sp³-hybridized carbons (Fsp3) is 0.227. The number of thioether (sulfide) groups is 1. The predicted molar refractivity (Wildman–Crippen MR) is 113 cm³/mol. The molecule has 0 bridgehead atoms. The maximum absolute atomic E-state index is 12.7. The van der Waals surface area contributed by atoms with Crippen LogP contribution in [0, 0.1) is 6.92 Å². The summed E-state index contributed by atoms with van der Waals surface area (Å²) < 4.78 is 30.0. The number of anilines is 1. The summed E-state index contributed by atoms with van der Waals surface area (Å²) in [6.45, 7) is 3.30. The number of alkyl halides is 2. The van der Waals surface area contributed by atoms with Crippen molar-refractivity contribution in [2.45, 2.75) is 30.9 Å². The molecule has 5 nitrogen and oxygen atoms in total. The number of amides is 1. The number of fused-ring (bicyclic) bond motifs is 1. The lowest BCUT2D eigenvalue weighted by atomic mass is 10.0. The van der Waals surface area contributed by atoms with Gasteiger partial charge in [-0.25, -0.2) is 4.79 Å². The van der Waals surface area contributed by atoms with Gasteiger partial charge in [0.15, 0.2) is 6.61 Å². The highest BCUT2D eigenvalue weighted by atomic mass is 32.2. The van der Waals surface area contributed by atoms with Crippen LogP contribution >= 0.6 is 11.8 Å². The molecule has 3 aromatic rings. The Morgan fingerprint density at radius 1 is 1.13 bits per heavy atom. The van der Waals surface area contributed by atoms with Gasteiger partial charge in [0.1, 0.15) is 0 Å². The van der Waals surface area contributed by atoms with E-state index in [2.05, 4.69) is 10.3 Å². The second-order valence-corrected chi connectivity index (χ2v) is 7.52. The number of hydrogen-bond donors (Lipinski definition) is 1. The summed E-state index contributed by atoms with van der Waals surface area (Å²) in [4.78, 5) is 29.9. The molecule has 2 aromatic carbocycles. The van der Waals surface area contributed by atoms with Crippen LogP contribution in [-0.4, -0.2) is 29.2 Å². The largest absolute Gasteiger partial charge is 0.452 e. The van der Waals surface area contributed by atoms with Gasteiger partial charge >= 0.3 is 5.97 Å². The van der Waals surface area contributed by atoms with Gasteiger partial charge in [-0.05, 0) is 49.2 Å². The second kappa shape index (κ2) is 9.67. The fourth-order valence-corrected chi connectivity index (χ4v) is 3.58. The highest BCUT2D eigenvalue weighted by Crippen LogP contribution is 2.26. The highest BCUT2D eigenvalue weighted by Gasteiger charge is 2.19. The molecule has 1 amide bonds. The minimum Gasteiger partial charge on any atom is -0.452 e. The molecule has 8 heteroatoms. The van der Waals surface area contributed by atoms with Crippen molar-refractivity contribution in [3.8, 4) is 0 Å². The van der Waals surface area contributed by atoms with Gasteiger partial charge in [-0.2, -0.15) is 8.78 Å². The Balaban J connectivity index is 1.68. The van der Waals surface area contributed by atoms with E-state index >= 15 is 0 Å². The Labute approximate surface area is 176 Å². The van der Waals surface area contributed by atoms with Crippen LogP contribution in [0.25, 0.3) is 10.9 Å². The summed E-state index contributed by atoms with van der Waals surface area (Å²) in [6.07, 6.45) is 0.664. The monoisotopic (exact) mass is 430 g/mol. The van der Waals surface area contributed by atoms with Gasteiger partial charge in [0.25, 0.3) is 11.7 Å². The molecule has 0 saturated carbocycles. The average Bonchev–Trinajstić information content (AvgIpc) is 2.72. The summed E-state index contributed by atoms with van der Waals surface area (Å²) in [5, 5.41) is 3.25. The predicted octanol–water partition coefficient (Wildman–Crippen LogP) is 5.22. The number of nitrogens with one attached hydrogen (secondary N) is 1. The third kappa shape index (κ3) is 5.13. The van der Waals surface area contributed by atoms with E-state index in [1.54, 1.807) is 6.07 Å². The van der Waals surface area contributed by atoms with Crippen LogP contribution in [0.1, 0.15) is 28.5 Å². The molecule has 0 fully saturated rings. The lowest BCUT2D eigenvalue weighted by Crippen LogP contribution is -2.21. The maximum atomic E-state index is 12.7. The number of carbonyl (C=O) groups is 2. The number of rotatable bonds is 7. The number of carbonyl (C=O) groups excluding carboxylic acids is 2. The number of esters is 1. The Morgan fingerprint density at radius 3 is 2.50 bits per heavy atom. The van der Waals surface area contributed by atoms with E-state index in [1.807, 2.05) is 32.0 Å². The molecule has 1 heterocycles. The van der Waals surface area contributed by atoms with Crippen molar-refractivity contribution in [3.05, 3.63) is 65.4 Å². The number of aromatic nitrogens is 1. The van der Waals surface area contributed by atoms with Crippen LogP contribution in [0.15, 0.2) is 53.4 Å². The summed E-state index contributed by atoms with van der Waals surface area (Å²) in [5.41, 5.74) is 3.05. The van der Waals surface area contributed by atoms with E-state index < -0.39 is 24.2 Å². The van der Waals surface area contributed by atoms with Crippen LogP contribution in [0.4, 0.5) is 14.5 Å². The molecule has 0 aliphatic heterocycles. The van der Waals surface area contributed by atoms with Gasteiger partial charge in [-0.1, -0.05) is 36.9 Å². The van der Waals surface area contributed by atoms with Crippen molar-refractivity contribution in [1.82, 2.24) is 4.98 Å². The first kappa shape index (κ1) is 21.7. The van der Waals surface area contributed by atoms with Crippen LogP contribution < -0.4 is 5.32 Å². The van der Waals surface area contributed by atoms with Gasteiger partial charge in [0, 0.05) is 21.7 Å². The van der Waals surface area contributed by atoms with Crippen LogP contribution in [0.5, 0.6) is 0 Å². The van der Waals surface area contributed by atoms with Gasteiger partial charge < -0.3 is 10.1 Å². The molecule has 0 atom stereocenters. The Hall–Kier alpha value is -3.00. The highest BCUT2D eigenvalue weighted by molar-refractivity contribution is 7.99. The smallest absolute Gasteiger partial charge is 0.339 e.